The molecular weight excluding hydrogens is 371 g/mol. The number of ether oxygens (including phenoxy) is 1. The largest absolute Gasteiger partial charge is 0.491 e. The normalized spacial score (nSPS) is 23.6. The van der Waals surface area contributed by atoms with E-state index >= 15 is 0 Å². The lowest BCUT2D eigenvalue weighted by Crippen LogP contribution is -2.32. The van der Waals surface area contributed by atoms with Crippen molar-refractivity contribution in [3.63, 3.8) is 0 Å². The second kappa shape index (κ2) is 6.86. The average Bonchev–Trinajstić information content (AvgIpc) is 3.13. The molecule has 2 aliphatic carbocycles. The van der Waals surface area contributed by atoms with E-state index in [1.807, 2.05) is 6.92 Å². The van der Waals surface area contributed by atoms with Crippen LogP contribution in [0.15, 0.2) is 6.07 Å². The fourth-order valence-corrected chi connectivity index (χ4v) is 4.62. The first-order valence-electron chi connectivity index (χ1n) is 8.21. The maximum Gasteiger partial charge on any atom is 0.225 e. The molecular formula is C18H19Cl3O3. The number of ketones is 1. The zero-order valence-corrected chi connectivity index (χ0v) is 15.7. The monoisotopic (exact) mass is 388 g/mol. The molecule has 6 heteroatoms. The second-order valence-electron chi connectivity index (χ2n) is 6.90. The fourth-order valence-electron chi connectivity index (χ4n) is 4.04. The molecule has 0 bridgehead atoms. The van der Waals surface area contributed by atoms with Crippen LogP contribution in [-0.2, 0) is 11.2 Å². The quantitative estimate of drug-likeness (QED) is 0.628. The average molecular weight is 390 g/mol. The van der Waals surface area contributed by atoms with Gasteiger partial charge < -0.3 is 4.74 Å². The van der Waals surface area contributed by atoms with E-state index in [0.717, 1.165) is 18.4 Å². The molecule has 0 saturated heterocycles. The lowest BCUT2D eigenvalue weighted by molar-refractivity contribution is -0.112. The highest BCUT2D eigenvalue weighted by molar-refractivity contribution is 6.63. The molecule has 1 aromatic rings. The van der Waals surface area contributed by atoms with E-state index in [-0.39, 0.29) is 28.9 Å². The molecule has 0 spiro atoms. The molecule has 2 aliphatic rings. The Bertz CT molecular complexity index is 695. The zero-order valence-electron chi connectivity index (χ0n) is 13.5. The van der Waals surface area contributed by atoms with Gasteiger partial charge >= 0.3 is 0 Å². The summed E-state index contributed by atoms with van der Waals surface area (Å²) >= 11 is 18.0. The highest BCUT2D eigenvalue weighted by Crippen LogP contribution is 2.52. The molecule has 0 aliphatic heterocycles. The summed E-state index contributed by atoms with van der Waals surface area (Å²) in [6.07, 6.45) is 5.28. The van der Waals surface area contributed by atoms with Gasteiger partial charge in [-0.25, -0.2) is 0 Å². The van der Waals surface area contributed by atoms with Gasteiger partial charge in [0, 0.05) is 11.0 Å². The molecule has 3 nitrogen and oxygen atoms in total. The smallest absolute Gasteiger partial charge is 0.225 e. The lowest BCUT2D eigenvalue weighted by Gasteiger charge is -2.29. The minimum absolute atomic E-state index is 0.0886. The van der Waals surface area contributed by atoms with Crippen LogP contribution in [0.4, 0.5) is 0 Å². The van der Waals surface area contributed by atoms with E-state index in [0.29, 0.717) is 23.7 Å². The summed E-state index contributed by atoms with van der Waals surface area (Å²) in [5.41, 5.74) is 1.02. The summed E-state index contributed by atoms with van der Waals surface area (Å²) in [5, 5.41) is 0.0110. The Hall–Kier alpha value is -0.770. The van der Waals surface area contributed by atoms with Crippen molar-refractivity contribution in [3.8, 4) is 5.75 Å². The molecule has 24 heavy (non-hydrogen) atoms. The molecule has 0 amide bonds. The highest BCUT2D eigenvalue weighted by atomic mass is 35.5. The molecule has 0 aromatic heterocycles. The molecule has 130 valence electrons. The maximum absolute atomic E-state index is 13.0. The van der Waals surface area contributed by atoms with Crippen molar-refractivity contribution in [1.29, 1.82) is 0 Å². The van der Waals surface area contributed by atoms with Crippen LogP contribution < -0.4 is 4.74 Å². The lowest BCUT2D eigenvalue weighted by atomic mass is 9.73. The van der Waals surface area contributed by atoms with Gasteiger partial charge in [-0.05, 0) is 48.4 Å². The molecule has 1 aromatic carbocycles. The predicted octanol–water partition coefficient (Wildman–Crippen LogP) is 5.46. The van der Waals surface area contributed by atoms with Crippen LogP contribution in [0.3, 0.4) is 0 Å². The number of carbonyl (C=O) groups is 2. The maximum atomic E-state index is 13.0. The topological polar surface area (TPSA) is 43.4 Å². The van der Waals surface area contributed by atoms with Gasteiger partial charge in [-0.1, -0.05) is 43.0 Å². The Morgan fingerprint density at radius 2 is 1.96 bits per heavy atom. The number of hydrogen-bond acceptors (Lipinski definition) is 3. The van der Waals surface area contributed by atoms with Crippen molar-refractivity contribution in [2.45, 2.75) is 45.4 Å². The van der Waals surface area contributed by atoms with Crippen molar-refractivity contribution in [2.75, 3.05) is 6.61 Å². The Morgan fingerprint density at radius 1 is 1.29 bits per heavy atom. The summed E-state index contributed by atoms with van der Waals surface area (Å²) in [6.45, 7) is 2.17. The van der Waals surface area contributed by atoms with E-state index in [2.05, 4.69) is 0 Å². The summed E-state index contributed by atoms with van der Waals surface area (Å²) < 4.78 is 5.55. The van der Waals surface area contributed by atoms with Crippen LogP contribution >= 0.6 is 34.8 Å². The molecule has 0 heterocycles. The third-order valence-electron chi connectivity index (χ3n) is 5.37. The van der Waals surface area contributed by atoms with Gasteiger partial charge in [-0.15, -0.1) is 0 Å². The standard InChI is InChI=1S/C18H19Cl3O3/c1-18(11-4-2-3-5-11)9-10-8-12(24-7-6-13(19)22)15(20)16(21)14(10)17(18)23/h8,11H,2-7,9H2,1H3. The number of halogens is 3. The van der Waals surface area contributed by atoms with Gasteiger partial charge in [0.15, 0.2) is 5.78 Å². The van der Waals surface area contributed by atoms with Crippen LogP contribution in [0.1, 0.15) is 54.9 Å². The van der Waals surface area contributed by atoms with Crippen LogP contribution in [0, 0.1) is 11.3 Å². The molecule has 1 fully saturated rings. The van der Waals surface area contributed by atoms with Gasteiger partial charge in [0.05, 0.1) is 18.1 Å². The van der Waals surface area contributed by atoms with Gasteiger partial charge in [0.1, 0.15) is 10.8 Å². The third-order valence-corrected chi connectivity index (χ3v) is 6.41. The number of benzene rings is 1. The van der Waals surface area contributed by atoms with Gasteiger partial charge in [-0.2, -0.15) is 0 Å². The van der Waals surface area contributed by atoms with Crippen LogP contribution in [0.25, 0.3) is 0 Å². The molecule has 3 rings (SSSR count). The van der Waals surface area contributed by atoms with Crippen molar-refractivity contribution in [3.05, 3.63) is 27.2 Å². The Labute approximate surface area is 156 Å². The molecule has 1 saturated carbocycles. The molecule has 1 unspecified atom stereocenters. The van der Waals surface area contributed by atoms with E-state index in [1.165, 1.54) is 12.8 Å². The molecule has 0 N–H and O–H groups in total. The Morgan fingerprint density at radius 3 is 2.58 bits per heavy atom. The number of rotatable bonds is 5. The van der Waals surface area contributed by atoms with Crippen molar-refractivity contribution >= 4 is 45.8 Å². The van der Waals surface area contributed by atoms with Gasteiger partial charge in [0.25, 0.3) is 0 Å². The molecule has 1 atom stereocenters. The number of fused-ring (bicyclic) bond motifs is 1. The minimum Gasteiger partial charge on any atom is -0.491 e. The highest BCUT2D eigenvalue weighted by Gasteiger charge is 2.49. The van der Waals surface area contributed by atoms with Gasteiger partial charge in [-0.3, -0.25) is 9.59 Å². The first-order chi connectivity index (χ1) is 11.3. The molecule has 0 radical (unpaired) electrons. The van der Waals surface area contributed by atoms with Crippen molar-refractivity contribution in [1.82, 2.24) is 0 Å². The Balaban J connectivity index is 1.90. The number of Topliss-reactive ketones (excluding diaryl/α,β-unsaturated/α-hetero) is 1. The number of carbonyl (C=O) groups excluding carboxylic acids is 2. The van der Waals surface area contributed by atoms with E-state index in [4.69, 9.17) is 39.5 Å². The fraction of sp³-hybridized carbons (Fsp3) is 0.556. The first-order valence-corrected chi connectivity index (χ1v) is 9.35. The predicted molar refractivity (Wildman–Crippen MR) is 95.5 cm³/mol. The summed E-state index contributed by atoms with van der Waals surface area (Å²) in [4.78, 5) is 23.9. The summed E-state index contributed by atoms with van der Waals surface area (Å²) in [6, 6.07) is 1.79. The SMILES string of the molecule is CC1(C2CCCC2)Cc2cc(OCCC(=O)Cl)c(Cl)c(Cl)c2C1=O. The van der Waals surface area contributed by atoms with Crippen LogP contribution in [-0.4, -0.2) is 17.6 Å². The van der Waals surface area contributed by atoms with Crippen LogP contribution in [0.2, 0.25) is 10.0 Å². The first kappa shape index (κ1) is 18.0. The van der Waals surface area contributed by atoms with E-state index < -0.39 is 10.7 Å². The van der Waals surface area contributed by atoms with Gasteiger partial charge in [0.2, 0.25) is 5.24 Å². The van der Waals surface area contributed by atoms with E-state index in [1.54, 1.807) is 6.07 Å². The third kappa shape index (κ3) is 3.07. The minimum atomic E-state index is -0.470. The second-order valence-corrected chi connectivity index (χ2v) is 8.07. The number of hydrogen-bond donors (Lipinski definition) is 0. The van der Waals surface area contributed by atoms with Crippen molar-refractivity contribution in [2.24, 2.45) is 11.3 Å². The van der Waals surface area contributed by atoms with E-state index in [9.17, 15) is 9.59 Å². The summed E-state index contributed by atoms with van der Waals surface area (Å²) in [7, 11) is 0. The zero-order chi connectivity index (χ0) is 17.5. The van der Waals surface area contributed by atoms with Crippen molar-refractivity contribution < 1.29 is 14.3 Å². The van der Waals surface area contributed by atoms with Crippen LogP contribution in [0.5, 0.6) is 5.75 Å². The Kier molecular flexibility index (Phi) is 5.15. The summed E-state index contributed by atoms with van der Waals surface area (Å²) in [5.74, 6) is 0.895.